The van der Waals surface area contributed by atoms with Gasteiger partial charge in [-0.2, -0.15) is 0 Å². The van der Waals surface area contributed by atoms with Crippen molar-refractivity contribution in [3.8, 4) is 0 Å². The molecule has 1 aliphatic heterocycles. The zero-order valence-electron chi connectivity index (χ0n) is 10.6. The molecule has 108 valence electrons. The molecule has 1 atom stereocenters. The minimum atomic E-state index is -1.30. The van der Waals surface area contributed by atoms with Crippen LogP contribution in [0.3, 0.4) is 0 Å². The third-order valence-electron chi connectivity index (χ3n) is 3.59. The molecule has 1 saturated heterocycles. The van der Waals surface area contributed by atoms with Gasteiger partial charge in [0.15, 0.2) is 0 Å². The summed E-state index contributed by atoms with van der Waals surface area (Å²) in [7, 11) is 0. The number of carbonyl (C=O) groups is 2. The monoisotopic (exact) mass is 319 g/mol. The Labute approximate surface area is 125 Å². The molecule has 1 fully saturated rings. The maximum atomic E-state index is 13.5. The summed E-state index contributed by atoms with van der Waals surface area (Å²) in [5.41, 5.74) is -1.38. The van der Waals surface area contributed by atoms with Gasteiger partial charge >= 0.3 is 5.97 Å². The van der Waals surface area contributed by atoms with Crippen molar-refractivity contribution in [1.29, 1.82) is 0 Å². The number of likely N-dealkylation sites (tertiary alicyclic amines) is 1. The Bertz CT molecular complexity index is 593. The molecule has 1 unspecified atom stereocenters. The summed E-state index contributed by atoms with van der Waals surface area (Å²) in [6.07, 6.45) is 0.921. The molecule has 1 heterocycles. The van der Waals surface area contributed by atoms with E-state index in [1.54, 1.807) is 0 Å². The fourth-order valence-electron chi connectivity index (χ4n) is 2.34. The third-order valence-corrected chi connectivity index (χ3v) is 4.19. The molecule has 0 saturated carbocycles. The SMILES string of the molecule is CC1(C(=O)O)CCCN1C(=O)c1cc(F)c(Cl)cc1Cl. The van der Waals surface area contributed by atoms with Gasteiger partial charge < -0.3 is 10.0 Å². The van der Waals surface area contributed by atoms with Crippen LogP contribution in [0.25, 0.3) is 0 Å². The Morgan fingerprint density at radius 3 is 2.60 bits per heavy atom. The summed E-state index contributed by atoms with van der Waals surface area (Å²) >= 11 is 11.5. The van der Waals surface area contributed by atoms with Gasteiger partial charge in [0, 0.05) is 6.54 Å². The molecular weight excluding hydrogens is 308 g/mol. The summed E-state index contributed by atoms with van der Waals surface area (Å²) in [6.45, 7) is 1.77. The first kappa shape index (κ1) is 15.1. The normalized spacial score (nSPS) is 22.1. The van der Waals surface area contributed by atoms with E-state index in [0.29, 0.717) is 19.4 Å². The molecule has 0 spiro atoms. The summed E-state index contributed by atoms with van der Waals surface area (Å²) < 4.78 is 13.5. The van der Waals surface area contributed by atoms with Crippen LogP contribution in [0.2, 0.25) is 10.0 Å². The summed E-state index contributed by atoms with van der Waals surface area (Å²) in [5, 5.41) is 9.10. The molecule has 1 aromatic rings. The second-order valence-corrected chi connectivity index (χ2v) is 5.70. The lowest BCUT2D eigenvalue weighted by molar-refractivity contribution is -0.147. The van der Waals surface area contributed by atoms with Gasteiger partial charge in [-0.15, -0.1) is 0 Å². The number of halogens is 3. The third kappa shape index (κ3) is 2.36. The van der Waals surface area contributed by atoms with Gasteiger partial charge in [-0.25, -0.2) is 9.18 Å². The Kier molecular flexibility index (Phi) is 3.93. The first-order valence-electron chi connectivity index (χ1n) is 5.97. The number of carboxylic acid groups (broad SMARTS) is 1. The van der Waals surface area contributed by atoms with Crippen molar-refractivity contribution in [3.05, 3.63) is 33.6 Å². The van der Waals surface area contributed by atoms with Crippen LogP contribution in [0.4, 0.5) is 4.39 Å². The van der Waals surface area contributed by atoms with E-state index in [4.69, 9.17) is 23.2 Å². The van der Waals surface area contributed by atoms with Crippen molar-refractivity contribution in [2.24, 2.45) is 0 Å². The molecule has 0 radical (unpaired) electrons. The highest BCUT2D eigenvalue weighted by atomic mass is 35.5. The topological polar surface area (TPSA) is 57.6 Å². The van der Waals surface area contributed by atoms with Crippen molar-refractivity contribution in [3.63, 3.8) is 0 Å². The highest BCUT2D eigenvalue weighted by molar-refractivity contribution is 6.36. The minimum Gasteiger partial charge on any atom is -0.480 e. The fraction of sp³-hybridized carbons (Fsp3) is 0.385. The summed E-state index contributed by atoms with van der Waals surface area (Å²) in [5.74, 6) is -2.46. The van der Waals surface area contributed by atoms with Gasteiger partial charge in [0.1, 0.15) is 11.4 Å². The molecule has 20 heavy (non-hydrogen) atoms. The molecule has 1 aliphatic rings. The highest BCUT2D eigenvalue weighted by Gasteiger charge is 2.46. The number of benzene rings is 1. The zero-order chi connectivity index (χ0) is 15.1. The molecule has 1 N–H and O–H groups in total. The molecule has 2 rings (SSSR count). The zero-order valence-corrected chi connectivity index (χ0v) is 12.1. The molecule has 0 aliphatic carbocycles. The maximum absolute atomic E-state index is 13.5. The van der Waals surface area contributed by atoms with Crippen molar-refractivity contribution in [1.82, 2.24) is 4.90 Å². The number of amides is 1. The Morgan fingerprint density at radius 2 is 2.00 bits per heavy atom. The van der Waals surface area contributed by atoms with Gasteiger partial charge in [0.25, 0.3) is 5.91 Å². The molecule has 0 bridgehead atoms. The van der Waals surface area contributed by atoms with Crippen molar-refractivity contribution >= 4 is 35.1 Å². The van der Waals surface area contributed by atoms with Crippen LogP contribution in [-0.4, -0.2) is 34.0 Å². The predicted molar refractivity (Wildman–Crippen MR) is 72.7 cm³/mol. The number of carbonyl (C=O) groups excluding carboxylic acids is 1. The smallest absolute Gasteiger partial charge is 0.329 e. The molecule has 4 nitrogen and oxygen atoms in total. The van der Waals surface area contributed by atoms with Crippen LogP contribution < -0.4 is 0 Å². The van der Waals surface area contributed by atoms with E-state index >= 15 is 0 Å². The van der Waals surface area contributed by atoms with Crippen LogP contribution in [-0.2, 0) is 4.79 Å². The number of hydrogen-bond donors (Lipinski definition) is 1. The van der Waals surface area contributed by atoms with E-state index in [0.717, 1.165) is 12.1 Å². The first-order valence-corrected chi connectivity index (χ1v) is 6.73. The van der Waals surface area contributed by atoms with Gasteiger partial charge in [0.05, 0.1) is 15.6 Å². The lowest BCUT2D eigenvalue weighted by Crippen LogP contribution is -2.50. The van der Waals surface area contributed by atoms with Crippen LogP contribution in [0.1, 0.15) is 30.1 Å². The number of hydrogen-bond acceptors (Lipinski definition) is 2. The van der Waals surface area contributed by atoms with E-state index in [2.05, 4.69) is 0 Å². The van der Waals surface area contributed by atoms with Crippen molar-refractivity contribution in [2.75, 3.05) is 6.54 Å². The fourth-order valence-corrected chi connectivity index (χ4v) is 2.81. The lowest BCUT2D eigenvalue weighted by atomic mass is 9.98. The highest BCUT2D eigenvalue weighted by Crippen LogP contribution is 2.33. The average Bonchev–Trinajstić information content (AvgIpc) is 2.76. The second-order valence-electron chi connectivity index (χ2n) is 4.89. The van der Waals surface area contributed by atoms with E-state index in [-0.39, 0.29) is 15.6 Å². The van der Waals surface area contributed by atoms with Crippen molar-refractivity contribution < 1.29 is 19.1 Å². The van der Waals surface area contributed by atoms with Crippen LogP contribution in [0.5, 0.6) is 0 Å². The summed E-state index contributed by atoms with van der Waals surface area (Å²) in [6, 6.07) is 2.08. The molecule has 1 aromatic carbocycles. The molecular formula is C13H12Cl2FNO3. The largest absolute Gasteiger partial charge is 0.480 e. The molecule has 1 amide bonds. The number of aliphatic carboxylic acids is 1. The van der Waals surface area contributed by atoms with E-state index < -0.39 is 23.2 Å². The summed E-state index contributed by atoms with van der Waals surface area (Å²) in [4.78, 5) is 25.0. The quantitative estimate of drug-likeness (QED) is 0.851. The average molecular weight is 320 g/mol. The lowest BCUT2D eigenvalue weighted by Gasteiger charge is -2.31. The standard InChI is InChI=1S/C13H12Cl2FNO3/c1-13(12(19)20)3-2-4-17(13)11(18)7-5-10(16)9(15)6-8(7)14/h5-6H,2-4H2,1H3,(H,19,20). The van der Waals surface area contributed by atoms with E-state index in [1.165, 1.54) is 11.8 Å². The van der Waals surface area contributed by atoms with Gasteiger partial charge in [-0.3, -0.25) is 4.79 Å². The Hall–Kier alpha value is -1.33. The Balaban J connectivity index is 2.42. The number of rotatable bonds is 2. The molecule has 7 heteroatoms. The van der Waals surface area contributed by atoms with E-state index in [9.17, 15) is 19.1 Å². The van der Waals surface area contributed by atoms with Gasteiger partial charge in [-0.1, -0.05) is 23.2 Å². The van der Waals surface area contributed by atoms with Gasteiger partial charge in [-0.05, 0) is 31.9 Å². The second kappa shape index (κ2) is 5.22. The first-order chi connectivity index (χ1) is 9.27. The van der Waals surface area contributed by atoms with Crippen molar-refractivity contribution in [2.45, 2.75) is 25.3 Å². The Morgan fingerprint density at radius 1 is 1.35 bits per heavy atom. The van der Waals surface area contributed by atoms with Gasteiger partial charge in [0.2, 0.25) is 0 Å². The molecule has 0 aromatic heterocycles. The van der Waals surface area contributed by atoms with Crippen LogP contribution in [0.15, 0.2) is 12.1 Å². The number of nitrogens with zero attached hydrogens (tertiary/aromatic N) is 1. The number of carboxylic acids is 1. The van der Waals surface area contributed by atoms with E-state index in [1.807, 2.05) is 0 Å². The minimum absolute atomic E-state index is 0.000962. The predicted octanol–water partition coefficient (Wildman–Crippen LogP) is 3.21. The van der Waals surface area contributed by atoms with Crippen LogP contribution >= 0.6 is 23.2 Å². The maximum Gasteiger partial charge on any atom is 0.329 e. The van der Waals surface area contributed by atoms with Crippen LogP contribution in [0, 0.1) is 5.82 Å².